The van der Waals surface area contributed by atoms with E-state index < -0.39 is 0 Å². The highest BCUT2D eigenvalue weighted by atomic mass is 16.3. The lowest BCUT2D eigenvalue weighted by Gasteiger charge is -2.16. The fourth-order valence-corrected chi connectivity index (χ4v) is 9.96. The molecule has 0 fully saturated rings. The van der Waals surface area contributed by atoms with Gasteiger partial charge in [0.25, 0.3) is 0 Å². The van der Waals surface area contributed by atoms with Crippen LogP contribution in [0.2, 0.25) is 0 Å². The van der Waals surface area contributed by atoms with Gasteiger partial charge in [0.15, 0.2) is 0 Å². The van der Waals surface area contributed by atoms with Crippen LogP contribution in [0.3, 0.4) is 0 Å². The molecule has 0 aliphatic heterocycles. The van der Waals surface area contributed by atoms with Crippen molar-refractivity contribution < 1.29 is 4.42 Å². The van der Waals surface area contributed by atoms with Crippen molar-refractivity contribution in [2.75, 3.05) is 0 Å². The van der Waals surface area contributed by atoms with Crippen molar-refractivity contribution in [2.45, 2.75) is 0 Å². The van der Waals surface area contributed by atoms with E-state index >= 15 is 0 Å². The lowest BCUT2D eigenvalue weighted by atomic mass is 9.87. The fourth-order valence-electron chi connectivity index (χ4n) is 9.96. The van der Waals surface area contributed by atoms with E-state index in [4.69, 9.17) is 4.42 Å². The van der Waals surface area contributed by atoms with E-state index in [0.717, 1.165) is 21.9 Å². The van der Waals surface area contributed by atoms with Gasteiger partial charge < -0.3 is 4.42 Å². The van der Waals surface area contributed by atoms with Gasteiger partial charge in [-0.05, 0) is 145 Å². The Morgan fingerprint density at radius 1 is 0.228 bits per heavy atom. The third kappa shape index (κ3) is 4.40. The largest absolute Gasteiger partial charge is 0.456 e. The van der Waals surface area contributed by atoms with E-state index in [9.17, 15) is 0 Å². The third-order valence-electron chi connectivity index (χ3n) is 12.6. The molecule has 57 heavy (non-hydrogen) atoms. The van der Waals surface area contributed by atoms with E-state index in [0.29, 0.717) is 0 Å². The van der Waals surface area contributed by atoms with E-state index in [1.54, 1.807) is 0 Å². The fraction of sp³-hybridized carbons (Fsp3) is 0. The molecule has 0 radical (unpaired) electrons. The smallest absolute Gasteiger partial charge is 0.135 e. The second kappa shape index (κ2) is 11.5. The molecule has 0 aliphatic carbocycles. The summed E-state index contributed by atoms with van der Waals surface area (Å²) in [5, 5.41) is 22.6. The molecule has 0 saturated carbocycles. The Hall–Kier alpha value is -7.48. The molecule has 0 spiro atoms. The summed E-state index contributed by atoms with van der Waals surface area (Å²) in [4.78, 5) is 0. The van der Waals surface area contributed by atoms with Gasteiger partial charge in [-0.2, -0.15) is 0 Å². The molecular formula is C56H32O. The molecule has 12 aromatic carbocycles. The van der Waals surface area contributed by atoms with Gasteiger partial charge in [0.1, 0.15) is 11.2 Å². The molecule has 0 atom stereocenters. The SMILES string of the molecule is c1ccc2c(c1)ccc1cc(-c3ccc4oc5ccc(-c6cc7ccc8ccccc8c7c7c6ccc6ccccc67)cc5c4c3)c3ccc4ccccc4c3c12. The Bertz CT molecular complexity index is 3610. The highest BCUT2D eigenvalue weighted by molar-refractivity contribution is 6.32. The molecule has 13 aromatic rings. The van der Waals surface area contributed by atoms with Crippen LogP contribution < -0.4 is 0 Å². The number of benzene rings is 12. The molecule has 1 heterocycles. The van der Waals surface area contributed by atoms with Crippen molar-refractivity contribution >= 4 is 108 Å². The van der Waals surface area contributed by atoms with Crippen LogP contribution in [0.4, 0.5) is 0 Å². The predicted molar refractivity (Wildman–Crippen MR) is 245 cm³/mol. The molecule has 0 aliphatic rings. The second-order valence-corrected chi connectivity index (χ2v) is 15.6. The number of hydrogen-bond donors (Lipinski definition) is 0. The third-order valence-corrected chi connectivity index (χ3v) is 12.6. The summed E-state index contributed by atoms with van der Waals surface area (Å²) in [5.41, 5.74) is 6.61. The van der Waals surface area contributed by atoms with Crippen molar-refractivity contribution in [1.82, 2.24) is 0 Å². The number of rotatable bonds is 2. The Kier molecular flexibility index (Phi) is 6.23. The van der Waals surface area contributed by atoms with Crippen molar-refractivity contribution in [3.05, 3.63) is 194 Å². The average molecular weight is 721 g/mol. The first-order valence-electron chi connectivity index (χ1n) is 19.7. The quantitative estimate of drug-likeness (QED) is 0.162. The van der Waals surface area contributed by atoms with Gasteiger partial charge in [-0.1, -0.05) is 158 Å². The van der Waals surface area contributed by atoms with Gasteiger partial charge in [-0.15, -0.1) is 0 Å². The molecule has 13 rings (SSSR count). The molecule has 0 amide bonds. The highest BCUT2D eigenvalue weighted by Crippen LogP contribution is 2.45. The van der Waals surface area contributed by atoms with E-state index in [-0.39, 0.29) is 0 Å². The standard InChI is InChI=1S/C56H32O/c1-5-13-41-33(9-1)17-19-39-31-47(45-25-21-35-11-3-7-15-43(35)55(45)53(39)41)37-23-27-51-49(29-37)50-30-38(24-28-52(50)57-51)48-32-40-20-18-34-10-2-6-14-42(34)54(40)56-44-16-8-4-12-36(44)22-26-46(48)56/h1-32H. The molecule has 0 saturated heterocycles. The normalized spacial score (nSPS) is 12.2. The molecular weight excluding hydrogens is 689 g/mol. The maximum atomic E-state index is 6.56. The molecule has 0 N–H and O–H groups in total. The Balaban J connectivity index is 1.07. The summed E-state index contributed by atoms with van der Waals surface area (Å²) in [7, 11) is 0. The topological polar surface area (TPSA) is 13.1 Å². The molecule has 1 nitrogen and oxygen atoms in total. The van der Waals surface area contributed by atoms with Gasteiger partial charge in [-0.3, -0.25) is 0 Å². The van der Waals surface area contributed by atoms with Crippen molar-refractivity contribution in [3.63, 3.8) is 0 Å². The lowest BCUT2D eigenvalue weighted by molar-refractivity contribution is 0.669. The molecule has 1 heteroatoms. The second-order valence-electron chi connectivity index (χ2n) is 15.6. The number of fused-ring (bicyclic) bond motifs is 17. The minimum Gasteiger partial charge on any atom is -0.456 e. The zero-order valence-electron chi connectivity index (χ0n) is 30.9. The summed E-state index contributed by atoms with van der Waals surface area (Å²) < 4.78 is 6.56. The summed E-state index contributed by atoms with van der Waals surface area (Å²) in [6.07, 6.45) is 0. The van der Waals surface area contributed by atoms with Gasteiger partial charge in [-0.25, -0.2) is 0 Å². The lowest BCUT2D eigenvalue weighted by Crippen LogP contribution is -1.88. The van der Waals surface area contributed by atoms with E-state index in [2.05, 4.69) is 194 Å². The Morgan fingerprint density at radius 3 is 1.00 bits per heavy atom. The summed E-state index contributed by atoms with van der Waals surface area (Å²) in [6.45, 7) is 0. The number of hydrogen-bond acceptors (Lipinski definition) is 1. The van der Waals surface area contributed by atoms with Crippen LogP contribution in [-0.2, 0) is 0 Å². The zero-order valence-corrected chi connectivity index (χ0v) is 30.9. The first kappa shape index (κ1) is 30.8. The Morgan fingerprint density at radius 2 is 0.579 bits per heavy atom. The highest BCUT2D eigenvalue weighted by Gasteiger charge is 2.18. The number of furan rings is 1. The molecule has 1 aromatic heterocycles. The van der Waals surface area contributed by atoms with Gasteiger partial charge in [0.2, 0.25) is 0 Å². The summed E-state index contributed by atoms with van der Waals surface area (Å²) in [6, 6.07) is 71.7. The van der Waals surface area contributed by atoms with E-state index in [1.807, 2.05) is 0 Å². The van der Waals surface area contributed by atoms with Crippen LogP contribution in [0, 0.1) is 0 Å². The van der Waals surface area contributed by atoms with Crippen LogP contribution in [0.1, 0.15) is 0 Å². The summed E-state index contributed by atoms with van der Waals surface area (Å²) >= 11 is 0. The maximum Gasteiger partial charge on any atom is 0.135 e. The molecule has 0 unspecified atom stereocenters. The average Bonchev–Trinajstić information content (AvgIpc) is 3.65. The molecule has 0 bridgehead atoms. The zero-order chi connectivity index (χ0) is 37.2. The van der Waals surface area contributed by atoms with Crippen LogP contribution in [0.5, 0.6) is 0 Å². The van der Waals surface area contributed by atoms with Gasteiger partial charge in [0.05, 0.1) is 0 Å². The minimum absolute atomic E-state index is 0.897. The van der Waals surface area contributed by atoms with Crippen LogP contribution in [-0.4, -0.2) is 0 Å². The summed E-state index contributed by atoms with van der Waals surface area (Å²) in [5.74, 6) is 0. The van der Waals surface area contributed by atoms with Gasteiger partial charge in [0, 0.05) is 10.8 Å². The van der Waals surface area contributed by atoms with E-state index in [1.165, 1.54) is 108 Å². The first-order valence-corrected chi connectivity index (χ1v) is 19.7. The van der Waals surface area contributed by atoms with Crippen molar-refractivity contribution in [3.8, 4) is 22.3 Å². The van der Waals surface area contributed by atoms with Crippen LogP contribution >= 0.6 is 0 Å². The van der Waals surface area contributed by atoms with Crippen LogP contribution in [0.25, 0.3) is 130 Å². The van der Waals surface area contributed by atoms with Crippen LogP contribution in [0.15, 0.2) is 199 Å². The molecule has 262 valence electrons. The maximum absolute atomic E-state index is 6.56. The minimum atomic E-state index is 0.897. The predicted octanol–water partition coefficient (Wildman–Crippen LogP) is 16.1. The Labute approximate surface area is 327 Å². The first-order chi connectivity index (χ1) is 28.2. The van der Waals surface area contributed by atoms with Gasteiger partial charge >= 0.3 is 0 Å². The van der Waals surface area contributed by atoms with Crippen molar-refractivity contribution in [2.24, 2.45) is 0 Å². The monoisotopic (exact) mass is 720 g/mol. The van der Waals surface area contributed by atoms with Crippen molar-refractivity contribution in [1.29, 1.82) is 0 Å².